The number of para-hydroxylation sites is 1. The Labute approximate surface area is 136 Å². The summed E-state index contributed by atoms with van der Waals surface area (Å²) < 4.78 is 5.41. The molecule has 0 radical (unpaired) electrons. The van der Waals surface area contributed by atoms with Crippen molar-refractivity contribution in [2.75, 3.05) is 7.11 Å². The van der Waals surface area contributed by atoms with E-state index in [0.29, 0.717) is 10.0 Å². The SMILES string of the molecule is COc1ccccc1C(C)NC(C)c1ccc(Cl)cc1Cl. The molecule has 0 aliphatic rings. The molecule has 0 aliphatic carbocycles. The standard InChI is InChI=1S/C17H19Cl2NO/c1-11(14-9-8-13(18)10-16(14)19)20-12(2)15-6-4-5-7-17(15)21-3/h4-12,20H,1-3H3. The van der Waals surface area contributed by atoms with Gasteiger partial charge in [-0.2, -0.15) is 0 Å². The Morgan fingerprint density at radius 3 is 2.29 bits per heavy atom. The number of nitrogens with one attached hydrogen (secondary N) is 1. The molecule has 0 heterocycles. The van der Waals surface area contributed by atoms with Gasteiger partial charge in [0.2, 0.25) is 0 Å². The lowest BCUT2D eigenvalue weighted by atomic mass is 10.0. The monoisotopic (exact) mass is 323 g/mol. The molecule has 0 aromatic heterocycles. The van der Waals surface area contributed by atoms with Crippen molar-refractivity contribution < 1.29 is 4.74 Å². The fourth-order valence-electron chi connectivity index (χ4n) is 2.43. The molecule has 0 aliphatic heterocycles. The zero-order valence-electron chi connectivity index (χ0n) is 12.4. The van der Waals surface area contributed by atoms with Crippen LogP contribution in [0.4, 0.5) is 0 Å². The summed E-state index contributed by atoms with van der Waals surface area (Å²) in [6.45, 7) is 4.19. The first-order valence-corrected chi connectivity index (χ1v) is 7.62. The van der Waals surface area contributed by atoms with Gasteiger partial charge in [0, 0.05) is 27.7 Å². The third kappa shape index (κ3) is 3.91. The van der Waals surface area contributed by atoms with Crippen LogP contribution in [0.3, 0.4) is 0 Å². The van der Waals surface area contributed by atoms with Gasteiger partial charge in [0.05, 0.1) is 7.11 Å². The molecule has 21 heavy (non-hydrogen) atoms. The minimum absolute atomic E-state index is 0.106. The summed E-state index contributed by atoms with van der Waals surface area (Å²) in [6.07, 6.45) is 0. The smallest absolute Gasteiger partial charge is 0.123 e. The molecule has 0 bridgehead atoms. The van der Waals surface area contributed by atoms with E-state index in [9.17, 15) is 0 Å². The van der Waals surface area contributed by atoms with Gasteiger partial charge in [0.1, 0.15) is 5.75 Å². The first-order chi connectivity index (χ1) is 10.0. The van der Waals surface area contributed by atoms with Crippen LogP contribution in [-0.2, 0) is 0 Å². The zero-order chi connectivity index (χ0) is 15.4. The summed E-state index contributed by atoms with van der Waals surface area (Å²) in [5.74, 6) is 0.881. The lowest BCUT2D eigenvalue weighted by Crippen LogP contribution is -2.23. The highest BCUT2D eigenvalue weighted by molar-refractivity contribution is 6.35. The minimum Gasteiger partial charge on any atom is -0.496 e. The summed E-state index contributed by atoms with van der Waals surface area (Å²) in [5, 5.41) is 4.86. The van der Waals surface area contributed by atoms with Crippen molar-refractivity contribution in [3.8, 4) is 5.75 Å². The van der Waals surface area contributed by atoms with Gasteiger partial charge in [0.15, 0.2) is 0 Å². The molecule has 0 saturated carbocycles. The van der Waals surface area contributed by atoms with Crippen LogP contribution in [0, 0.1) is 0 Å². The molecular weight excluding hydrogens is 305 g/mol. The van der Waals surface area contributed by atoms with E-state index in [1.807, 2.05) is 30.3 Å². The number of rotatable bonds is 5. The molecule has 2 aromatic carbocycles. The van der Waals surface area contributed by atoms with Crippen LogP contribution in [0.2, 0.25) is 10.0 Å². The van der Waals surface area contributed by atoms with E-state index in [1.165, 1.54) is 0 Å². The molecular formula is C17H19Cl2NO. The van der Waals surface area contributed by atoms with Crippen molar-refractivity contribution in [1.29, 1.82) is 0 Å². The maximum absolute atomic E-state index is 6.26. The lowest BCUT2D eigenvalue weighted by Gasteiger charge is -2.23. The number of methoxy groups -OCH3 is 1. The fraction of sp³-hybridized carbons (Fsp3) is 0.294. The third-order valence-electron chi connectivity index (χ3n) is 3.53. The van der Waals surface area contributed by atoms with Crippen LogP contribution >= 0.6 is 23.2 Å². The Morgan fingerprint density at radius 2 is 1.62 bits per heavy atom. The van der Waals surface area contributed by atoms with Crippen molar-refractivity contribution >= 4 is 23.2 Å². The van der Waals surface area contributed by atoms with E-state index in [2.05, 4.69) is 25.2 Å². The maximum Gasteiger partial charge on any atom is 0.123 e. The van der Waals surface area contributed by atoms with E-state index in [1.54, 1.807) is 13.2 Å². The van der Waals surface area contributed by atoms with Gasteiger partial charge in [-0.25, -0.2) is 0 Å². The van der Waals surface area contributed by atoms with Crippen LogP contribution in [0.1, 0.15) is 37.1 Å². The summed E-state index contributed by atoms with van der Waals surface area (Å²) in [4.78, 5) is 0. The summed E-state index contributed by atoms with van der Waals surface area (Å²) in [7, 11) is 1.69. The third-order valence-corrected chi connectivity index (χ3v) is 4.10. The topological polar surface area (TPSA) is 21.3 Å². The Bertz CT molecular complexity index is 615. The first-order valence-electron chi connectivity index (χ1n) is 6.87. The quantitative estimate of drug-likeness (QED) is 0.793. The van der Waals surface area contributed by atoms with Gasteiger partial charge >= 0.3 is 0 Å². The molecule has 0 fully saturated rings. The van der Waals surface area contributed by atoms with Gasteiger partial charge in [-0.1, -0.05) is 47.5 Å². The summed E-state index contributed by atoms with van der Waals surface area (Å²) >= 11 is 12.2. The average molecular weight is 324 g/mol. The molecule has 4 heteroatoms. The molecule has 0 saturated heterocycles. The van der Waals surface area contributed by atoms with Crippen molar-refractivity contribution in [2.45, 2.75) is 25.9 Å². The Morgan fingerprint density at radius 1 is 0.952 bits per heavy atom. The van der Waals surface area contributed by atoms with Gasteiger partial charge < -0.3 is 10.1 Å². The highest BCUT2D eigenvalue weighted by Gasteiger charge is 2.16. The predicted molar refractivity (Wildman–Crippen MR) is 89.4 cm³/mol. The van der Waals surface area contributed by atoms with Gasteiger partial charge in [-0.05, 0) is 37.6 Å². The normalized spacial score (nSPS) is 13.8. The van der Waals surface area contributed by atoms with E-state index < -0.39 is 0 Å². The average Bonchev–Trinajstić information content (AvgIpc) is 2.46. The highest BCUT2D eigenvalue weighted by atomic mass is 35.5. The minimum atomic E-state index is 0.106. The number of hydrogen-bond acceptors (Lipinski definition) is 2. The molecule has 2 aromatic rings. The summed E-state index contributed by atoms with van der Waals surface area (Å²) in [6, 6.07) is 13.8. The van der Waals surface area contributed by atoms with Gasteiger partial charge in [0.25, 0.3) is 0 Å². The van der Waals surface area contributed by atoms with E-state index in [4.69, 9.17) is 27.9 Å². The maximum atomic E-state index is 6.26. The van der Waals surface area contributed by atoms with E-state index >= 15 is 0 Å². The van der Waals surface area contributed by atoms with E-state index in [-0.39, 0.29) is 12.1 Å². The molecule has 0 amide bonds. The molecule has 2 unspecified atom stereocenters. The Hall–Kier alpha value is -1.22. The second-order valence-electron chi connectivity index (χ2n) is 5.02. The number of ether oxygens (including phenoxy) is 1. The second kappa shape index (κ2) is 7.17. The Kier molecular flexibility index (Phi) is 5.51. The number of benzene rings is 2. The van der Waals surface area contributed by atoms with Crippen molar-refractivity contribution in [1.82, 2.24) is 5.32 Å². The molecule has 112 valence electrons. The summed E-state index contributed by atoms with van der Waals surface area (Å²) in [5.41, 5.74) is 2.15. The van der Waals surface area contributed by atoms with E-state index in [0.717, 1.165) is 16.9 Å². The lowest BCUT2D eigenvalue weighted by molar-refractivity contribution is 0.396. The van der Waals surface area contributed by atoms with Crippen molar-refractivity contribution in [3.63, 3.8) is 0 Å². The Balaban J connectivity index is 2.16. The largest absolute Gasteiger partial charge is 0.496 e. The number of hydrogen-bond donors (Lipinski definition) is 1. The van der Waals surface area contributed by atoms with Crippen LogP contribution in [0.25, 0.3) is 0 Å². The second-order valence-corrected chi connectivity index (χ2v) is 5.86. The first kappa shape index (κ1) is 16.2. The van der Waals surface area contributed by atoms with Crippen LogP contribution in [0.5, 0.6) is 5.75 Å². The fourth-order valence-corrected chi connectivity index (χ4v) is 3.00. The zero-order valence-corrected chi connectivity index (χ0v) is 13.9. The molecule has 1 N–H and O–H groups in total. The highest BCUT2D eigenvalue weighted by Crippen LogP contribution is 2.30. The van der Waals surface area contributed by atoms with Gasteiger partial charge in [-0.3, -0.25) is 0 Å². The molecule has 2 atom stereocenters. The van der Waals surface area contributed by atoms with Crippen LogP contribution in [0.15, 0.2) is 42.5 Å². The molecule has 2 rings (SSSR count). The van der Waals surface area contributed by atoms with Crippen molar-refractivity contribution in [3.05, 3.63) is 63.6 Å². The van der Waals surface area contributed by atoms with Crippen LogP contribution < -0.4 is 10.1 Å². The van der Waals surface area contributed by atoms with Crippen molar-refractivity contribution in [2.24, 2.45) is 0 Å². The van der Waals surface area contributed by atoms with Gasteiger partial charge in [-0.15, -0.1) is 0 Å². The predicted octanol–water partition coefficient (Wildman–Crippen LogP) is 5.41. The molecule has 2 nitrogen and oxygen atoms in total. The number of halogens is 2. The molecule has 0 spiro atoms. The van der Waals surface area contributed by atoms with Crippen LogP contribution in [-0.4, -0.2) is 7.11 Å².